The van der Waals surface area contributed by atoms with Crippen LogP contribution in [0.1, 0.15) is 52.5 Å². The molecule has 0 spiro atoms. The monoisotopic (exact) mass is 491 g/mol. The molecule has 0 radical (unpaired) electrons. The Morgan fingerprint density at radius 3 is 2.41 bits per heavy atom. The molecule has 2 atom stereocenters. The molecular weight excluding hydrogens is 454 g/mol. The van der Waals surface area contributed by atoms with Gasteiger partial charge in [0, 0.05) is 0 Å². The number of carbonyl (C=O) groups excluding carboxylic acids is 2. The van der Waals surface area contributed by atoms with Crippen molar-refractivity contribution in [1.29, 1.82) is 0 Å². The zero-order valence-electron chi connectivity index (χ0n) is 20.5. The molecule has 7 nitrogen and oxygen atoms in total. The van der Waals surface area contributed by atoms with Gasteiger partial charge in [-0.15, -0.1) is 0 Å². The smallest absolute Gasteiger partial charge is 0.329 e. The molecule has 0 fully saturated rings. The third-order valence-corrected chi connectivity index (χ3v) is 7.14. The highest BCUT2D eigenvalue weighted by Gasteiger charge is 2.31. The fraction of sp³-hybridized carbons (Fsp3) is 0.538. The summed E-state index contributed by atoms with van der Waals surface area (Å²) in [6, 6.07) is 12.6. The predicted molar refractivity (Wildman–Crippen MR) is 134 cm³/mol. The summed E-state index contributed by atoms with van der Waals surface area (Å²) in [6.45, 7) is 6.75. The van der Waals surface area contributed by atoms with E-state index in [0.717, 1.165) is 22.8 Å². The molecule has 0 saturated carbocycles. The SMILES string of the molecule is CCCC[C@H](NC(=O)[C@H](Cc1cccc2ccccc12)CS(=O)(=O)CCO)C(=O)OC(C)(C)C. The first kappa shape index (κ1) is 27.8. The van der Waals surface area contributed by atoms with E-state index in [4.69, 9.17) is 9.84 Å². The molecule has 0 bridgehead atoms. The van der Waals surface area contributed by atoms with Gasteiger partial charge in [-0.2, -0.15) is 0 Å². The molecule has 0 aromatic heterocycles. The van der Waals surface area contributed by atoms with Gasteiger partial charge in [0.25, 0.3) is 0 Å². The van der Waals surface area contributed by atoms with Crippen LogP contribution in [0.4, 0.5) is 0 Å². The number of nitrogens with one attached hydrogen (secondary N) is 1. The molecule has 1 amide bonds. The first-order chi connectivity index (χ1) is 16.0. The number of aliphatic hydroxyl groups excluding tert-OH is 1. The number of hydrogen-bond acceptors (Lipinski definition) is 6. The number of benzene rings is 2. The highest BCUT2D eigenvalue weighted by atomic mass is 32.2. The summed E-state index contributed by atoms with van der Waals surface area (Å²) in [5, 5.41) is 13.9. The van der Waals surface area contributed by atoms with Gasteiger partial charge in [0.2, 0.25) is 5.91 Å². The van der Waals surface area contributed by atoms with Crippen LogP contribution in [-0.2, 0) is 30.6 Å². The number of aliphatic hydroxyl groups is 1. The van der Waals surface area contributed by atoms with Crippen molar-refractivity contribution in [2.45, 2.75) is 65.0 Å². The first-order valence-electron chi connectivity index (χ1n) is 11.8. The average Bonchev–Trinajstić information content (AvgIpc) is 2.74. The third-order valence-electron chi connectivity index (χ3n) is 5.43. The lowest BCUT2D eigenvalue weighted by Gasteiger charge is -2.26. The van der Waals surface area contributed by atoms with E-state index in [2.05, 4.69) is 5.32 Å². The van der Waals surface area contributed by atoms with Gasteiger partial charge in [-0.1, -0.05) is 62.2 Å². The lowest BCUT2D eigenvalue weighted by atomic mass is 9.95. The number of ether oxygens (including phenoxy) is 1. The Balaban J connectivity index is 2.34. The standard InChI is InChI=1S/C26H37NO6S/c1-5-6-14-23(25(30)33-26(2,3)4)27-24(29)21(18-34(31,32)16-15-28)17-20-12-9-11-19-10-7-8-13-22(19)20/h7-13,21,23,28H,5-6,14-18H2,1-4H3,(H,27,29)/t21-,23+/m1/s1. The van der Waals surface area contributed by atoms with Crippen LogP contribution in [-0.4, -0.2) is 55.2 Å². The van der Waals surface area contributed by atoms with Crippen LogP contribution in [0.25, 0.3) is 10.8 Å². The Morgan fingerprint density at radius 1 is 1.09 bits per heavy atom. The van der Waals surface area contributed by atoms with Crippen molar-refractivity contribution < 1.29 is 27.9 Å². The van der Waals surface area contributed by atoms with Crippen molar-refractivity contribution in [3.63, 3.8) is 0 Å². The fourth-order valence-electron chi connectivity index (χ4n) is 3.81. The zero-order chi connectivity index (χ0) is 25.4. The molecule has 0 aliphatic carbocycles. The molecule has 2 aromatic rings. The van der Waals surface area contributed by atoms with Crippen LogP contribution in [0, 0.1) is 5.92 Å². The molecule has 2 aromatic carbocycles. The maximum atomic E-state index is 13.4. The van der Waals surface area contributed by atoms with Crippen LogP contribution >= 0.6 is 0 Å². The second-order valence-corrected chi connectivity index (χ2v) is 11.8. The van der Waals surface area contributed by atoms with E-state index in [9.17, 15) is 18.0 Å². The molecular formula is C26H37NO6S. The largest absolute Gasteiger partial charge is 0.458 e. The van der Waals surface area contributed by atoms with Gasteiger partial charge in [-0.25, -0.2) is 13.2 Å². The van der Waals surface area contributed by atoms with Crippen LogP contribution in [0.2, 0.25) is 0 Å². The first-order valence-corrected chi connectivity index (χ1v) is 13.6. The van der Waals surface area contributed by atoms with E-state index < -0.39 is 57.4 Å². The minimum Gasteiger partial charge on any atom is -0.458 e. The van der Waals surface area contributed by atoms with Crippen molar-refractivity contribution in [2.24, 2.45) is 5.92 Å². The molecule has 0 heterocycles. The van der Waals surface area contributed by atoms with E-state index in [-0.39, 0.29) is 6.42 Å². The van der Waals surface area contributed by atoms with Crippen LogP contribution in [0.5, 0.6) is 0 Å². The van der Waals surface area contributed by atoms with Gasteiger partial charge in [0.15, 0.2) is 9.84 Å². The number of amides is 1. The minimum absolute atomic E-state index is 0.187. The molecule has 2 rings (SSSR count). The molecule has 188 valence electrons. The predicted octanol–water partition coefficient (Wildman–Crippen LogP) is 3.42. The molecule has 0 aliphatic heterocycles. The summed E-state index contributed by atoms with van der Waals surface area (Å²) in [7, 11) is -3.68. The Kier molecular flexibility index (Phi) is 10.1. The van der Waals surface area contributed by atoms with Crippen molar-refractivity contribution in [3.05, 3.63) is 48.0 Å². The summed E-state index contributed by atoms with van der Waals surface area (Å²) in [6.07, 6.45) is 2.13. The molecule has 0 unspecified atom stereocenters. The van der Waals surface area contributed by atoms with Gasteiger partial charge in [-0.3, -0.25) is 4.79 Å². The Bertz CT molecular complexity index is 1070. The summed E-state index contributed by atoms with van der Waals surface area (Å²) >= 11 is 0. The maximum absolute atomic E-state index is 13.4. The molecule has 0 aliphatic rings. The van der Waals surface area contributed by atoms with E-state index in [1.807, 2.05) is 49.4 Å². The van der Waals surface area contributed by atoms with Crippen LogP contribution in [0.3, 0.4) is 0 Å². The second kappa shape index (κ2) is 12.3. The Morgan fingerprint density at radius 2 is 1.76 bits per heavy atom. The van der Waals surface area contributed by atoms with Gasteiger partial charge in [-0.05, 0) is 49.9 Å². The normalized spacial score (nSPS) is 13.9. The molecule has 2 N–H and O–H groups in total. The van der Waals surface area contributed by atoms with E-state index in [0.29, 0.717) is 12.8 Å². The quantitative estimate of drug-likeness (QED) is 0.440. The number of hydrogen-bond donors (Lipinski definition) is 2. The van der Waals surface area contributed by atoms with E-state index >= 15 is 0 Å². The second-order valence-electron chi connectivity index (χ2n) is 9.61. The maximum Gasteiger partial charge on any atom is 0.329 e. The fourth-order valence-corrected chi connectivity index (χ4v) is 5.14. The third kappa shape index (κ3) is 8.72. The molecule has 34 heavy (non-hydrogen) atoms. The Hall–Kier alpha value is -2.45. The van der Waals surface area contributed by atoms with Crippen molar-refractivity contribution in [3.8, 4) is 0 Å². The van der Waals surface area contributed by atoms with Crippen LogP contribution in [0.15, 0.2) is 42.5 Å². The van der Waals surface area contributed by atoms with E-state index in [1.165, 1.54) is 0 Å². The van der Waals surface area contributed by atoms with Gasteiger partial charge < -0.3 is 15.2 Å². The molecule has 8 heteroatoms. The highest BCUT2D eigenvalue weighted by Crippen LogP contribution is 2.23. The van der Waals surface area contributed by atoms with Crippen molar-refractivity contribution in [1.82, 2.24) is 5.32 Å². The van der Waals surface area contributed by atoms with E-state index in [1.54, 1.807) is 20.8 Å². The number of esters is 1. The summed E-state index contributed by atoms with van der Waals surface area (Å²) in [5.74, 6) is -2.80. The van der Waals surface area contributed by atoms with Gasteiger partial charge in [0.1, 0.15) is 11.6 Å². The van der Waals surface area contributed by atoms with Crippen LogP contribution < -0.4 is 5.32 Å². The lowest BCUT2D eigenvalue weighted by molar-refractivity contribution is -0.159. The van der Waals surface area contributed by atoms with Crippen molar-refractivity contribution >= 4 is 32.5 Å². The lowest BCUT2D eigenvalue weighted by Crippen LogP contribution is -2.47. The molecule has 0 saturated heterocycles. The highest BCUT2D eigenvalue weighted by molar-refractivity contribution is 7.91. The number of fused-ring (bicyclic) bond motifs is 1. The summed E-state index contributed by atoms with van der Waals surface area (Å²) < 4.78 is 30.6. The number of unbranched alkanes of at least 4 members (excludes halogenated alkanes) is 1. The number of sulfone groups is 1. The average molecular weight is 492 g/mol. The number of carbonyl (C=O) groups is 2. The van der Waals surface area contributed by atoms with Gasteiger partial charge >= 0.3 is 5.97 Å². The van der Waals surface area contributed by atoms with Crippen molar-refractivity contribution in [2.75, 3.05) is 18.1 Å². The minimum atomic E-state index is -3.68. The topological polar surface area (TPSA) is 110 Å². The Labute approximate surface area is 202 Å². The summed E-state index contributed by atoms with van der Waals surface area (Å²) in [5.41, 5.74) is 0.138. The summed E-state index contributed by atoms with van der Waals surface area (Å²) in [4.78, 5) is 26.1. The number of rotatable bonds is 12. The zero-order valence-corrected chi connectivity index (χ0v) is 21.4. The van der Waals surface area contributed by atoms with Gasteiger partial charge in [0.05, 0.1) is 24.0 Å².